The Morgan fingerprint density at radius 1 is 0.947 bits per heavy atom. The molecule has 0 spiro atoms. The maximum atomic E-state index is 12.0. The lowest BCUT2D eigenvalue weighted by Crippen LogP contribution is -2.13. The van der Waals surface area contributed by atoms with E-state index in [1.165, 1.54) is 24.3 Å². The van der Waals surface area contributed by atoms with Gasteiger partial charge in [0, 0.05) is 21.7 Å². The molecule has 1 amide bonds. The van der Waals surface area contributed by atoms with Crippen LogP contribution in [0.1, 0.15) is 10.4 Å². The molecule has 1 aromatic heterocycles. The van der Waals surface area contributed by atoms with Crippen molar-refractivity contribution in [2.45, 2.75) is 0 Å². The van der Waals surface area contributed by atoms with E-state index in [1.807, 2.05) is 0 Å². The zero-order chi connectivity index (χ0) is 14.0. The molecule has 1 aromatic carbocycles. The molecule has 0 saturated heterocycles. The molecule has 0 radical (unpaired) electrons. The number of amides is 1. The van der Waals surface area contributed by atoms with Crippen LogP contribution < -0.4 is 5.32 Å². The zero-order valence-electron chi connectivity index (χ0n) is 9.12. The van der Waals surface area contributed by atoms with Crippen LogP contribution in [0.2, 0.25) is 20.5 Å². The van der Waals surface area contributed by atoms with Crippen molar-refractivity contribution in [1.82, 2.24) is 9.97 Å². The van der Waals surface area contributed by atoms with Crippen LogP contribution in [0, 0.1) is 0 Å². The topological polar surface area (TPSA) is 54.9 Å². The molecule has 1 N–H and O–H groups in total. The van der Waals surface area contributed by atoms with Gasteiger partial charge in [-0.2, -0.15) is 0 Å². The molecule has 2 rings (SSSR count). The lowest BCUT2D eigenvalue weighted by atomic mass is 10.2. The van der Waals surface area contributed by atoms with E-state index in [2.05, 4.69) is 15.3 Å². The number of halogens is 4. The molecule has 4 nitrogen and oxygen atoms in total. The van der Waals surface area contributed by atoms with Crippen LogP contribution in [0.15, 0.2) is 24.3 Å². The van der Waals surface area contributed by atoms with Gasteiger partial charge in [0.25, 0.3) is 5.91 Å². The van der Waals surface area contributed by atoms with Crippen LogP contribution >= 0.6 is 46.4 Å². The molecule has 1 heterocycles. The monoisotopic (exact) mass is 335 g/mol. The first kappa shape index (κ1) is 14.3. The van der Waals surface area contributed by atoms with Crippen LogP contribution in [-0.2, 0) is 0 Å². The Morgan fingerprint density at radius 2 is 1.58 bits per heavy atom. The van der Waals surface area contributed by atoms with Crippen molar-refractivity contribution in [3.8, 4) is 0 Å². The first-order valence-corrected chi connectivity index (χ1v) is 6.43. The lowest BCUT2D eigenvalue weighted by Gasteiger charge is -2.06. The van der Waals surface area contributed by atoms with Gasteiger partial charge in [-0.1, -0.05) is 34.8 Å². The standard InChI is InChI=1S/C11H5Cl4N3O/c12-6-1-5(2-7(13)3-6)10(19)17-9-4-8(14)16-11(15)18-9/h1-4H,(H,16,17,18,19). The molecular weight excluding hydrogens is 332 g/mol. The van der Waals surface area contributed by atoms with Crippen molar-refractivity contribution in [3.05, 3.63) is 50.3 Å². The van der Waals surface area contributed by atoms with Gasteiger partial charge in [0.1, 0.15) is 11.0 Å². The van der Waals surface area contributed by atoms with Crippen molar-refractivity contribution in [3.63, 3.8) is 0 Å². The summed E-state index contributed by atoms with van der Waals surface area (Å²) in [6, 6.07) is 5.86. The summed E-state index contributed by atoms with van der Waals surface area (Å²) in [6.07, 6.45) is 0. The van der Waals surface area contributed by atoms with Gasteiger partial charge in [-0.25, -0.2) is 9.97 Å². The Morgan fingerprint density at radius 3 is 2.16 bits per heavy atom. The van der Waals surface area contributed by atoms with Crippen LogP contribution in [-0.4, -0.2) is 15.9 Å². The number of aromatic nitrogens is 2. The number of rotatable bonds is 2. The van der Waals surface area contributed by atoms with Gasteiger partial charge in [-0.15, -0.1) is 0 Å². The highest BCUT2D eigenvalue weighted by atomic mass is 35.5. The Kier molecular flexibility index (Phi) is 4.47. The highest BCUT2D eigenvalue weighted by Crippen LogP contribution is 2.20. The predicted octanol–water partition coefficient (Wildman–Crippen LogP) is 4.34. The number of anilines is 1. The van der Waals surface area contributed by atoms with Gasteiger partial charge < -0.3 is 5.32 Å². The van der Waals surface area contributed by atoms with E-state index in [1.54, 1.807) is 0 Å². The molecule has 0 aliphatic rings. The number of benzene rings is 1. The summed E-state index contributed by atoms with van der Waals surface area (Å²) in [5.41, 5.74) is 0.295. The maximum Gasteiger partial charge on any atom is 0.256 e. The lowest BCUT2D eigenvalue weighted by molar-refractivity contribution is 0.102. The second-order valence-electron chi connectivity index (χ2n) is 3.46. The Bertz CT molecular complexity index is 607. The number of nitrogens with zero attached hydrogens (tertiary/aromatic N) is 2. The van der Waals surface area contributed by atoms with Gasteiger partial charge in [-0.3, -0.25) is 4.79 Å². The fourth-order valence-electron chi connectivity index (χ4n) is 1.33. The minimum Gasteiger partial charge on any atom is -0.306 e. The van der Waals surface area contributed by atoms with E-state index in [9.17, 15) is 4.79 Å². The second kappa shape index (κ2) is 5.92. The summed E-state index contributed by atoms with van der Waals surface area (Å²) in [7, 11) is 0. The summed E-state index contributed by atoms with van der Waals surface area (Å²) in [5, 5.41) is 3.30. The van der Waals surface area contributed by atoms with Gasteiger partial charge in [0.15, 0.2) is 0 Å². The minimum absolute atomic E-state index is 0.0630. The molecule has 0 fully saturated rings. The predicted molar refractivity (Wildman–Crippen MR) is 76.5 cm³/mol. The molecule has 98 valence electrons. The Labute approximate surface area is 128 Å². The Hall–Kier alpha value is -1.07. The van der Waals surface area contributed by atoms with E-state index in [0.717, 1.165) is 0 Å². The average Bonchev–Trinajstić information content (AvgIpc) is 2.25. The fourth-order valence-corrected chi connectivity index (χ4v) is 2.26. The van der Waals surface area contributed by atoms with E-state index >= 15 is 0 Å². The van der Waals surface area contributed by atoms with Crippen molar-refractivity contribution in [1.29, 1.82) is 0 Å². The highest BCUT2D eigenvalue weighted by Gasteiger charge is 2.10. The van der Waals surface area contributed by atoms with E-state index in [0.29, 0.717) is 15.6 Å². The largest absolute Gasteiger partial charge is 0.306 e. The molecule has 0 aliphatic carbocycles. The molecule has 0 aliphatic heterocycles. The zero-order valence-corrected chi connectivity index (χ0v) is 12.1. The summed E-state index contributed by atoms with van der Waals surface area (Å²) < 4.78 is 0. The number of hydrogen-bond acceptors (Lipinski definition) is 3. The van der Waals surface area contributed by atoms with Crippen molar-refractivity contribution in [2.75, 3.05) is 5.32 Å². The van der Waals surface area contributed by atoms with Crippen LogP contribution in [0.4, 0.5) is 5.82 Å². The molecule has 8 heteroatoms. The third-order valence-electron chi connectivity index (χ3n) is 2.03. The fraction of sp³-hybridized carbons (Fsp3) is 0. The summed E-state index contributed by atoms with van der Waals surface area (Å²) in [5.74, 6) is -0.249. The van der Waals surface area contributed by atoms with Gasteiger partial charge in [0.05, 0.1) is 0 Å². The third kappa shape index (κ3) is 3.94. The molecular formula is C11H5Cl4N3O. The van der Waals surface area contributed by atoms with E-state index in [-0.39, 0.29) is 16.3 Å². The first-order chi connectivity index (χ1) is 8.94. The van der Waals surface area contributed by atoms with Gasteiger partial charge >= 0.3 is 0 Å². The molecule has 19 heavy (non-hydrogen) atoms. The molecule has 0 saturated carbocycles. The molecule has 0 bridgehead atoms. The number of nitrogens with one attached hydrogen (secondary N) is 1. The van der Waals surface area contributed by atoms with Crippen LogP contribution in [0.25, 0.3) is 0 Å². The minimum atomic E-state index is -0.435. The van der Waals surface area contributed by atoms with Crippen LogP contribution in [0.3, 0.4) is 0 Å². The molecule has 0 atom stereocenters. The second-order valence-corrected chi connectivity index (χ2v) is 5.06. The quantitative estimate of drug-likeness (QED) is 0.655. The van der Waals surface area contributed by atoms with Crippen molar-refractivity contribution < 1.29 is 4.79 Å². The van der Waals surface area contributed by atoms with Gasteiger partial charge in [0.2, 0.25) is 5.28 Å². The third-order valence-corrected chi connectivity index (χ3v) is 2.83. The number of carbonyl (C=O) groups is 1. The van der Waals surface area contributed by atoms with Crippen LogP contribution in [0.5, 0.6) is 0 Å². The number of hydrogen-bond donors (Lipinski definition) is 1. The maximum absolute atomic E-state index is 12.0. The highest BCUT2D eigenvalue weighted by molar-refractivity contribution is 6.35. The molecule has 2 aromatic rings. The van der Waals surface area contributed by atoms with E-state index < -0.39 is 5.91 Å². The summed E-state index contributed by atoms with van der Waals surface area (Å²) in [6.45, 7) is 0. The smallest absolute Gasteiger partial charge is 0.256 e. The summed E-state index contributed by atoms with van der Waals surface area (Å²) in [4.78, 5) is 19.5. The number of carbonyl (C=O) groups excluding carboxylic acids is 1. The van der Waals surface area contributed by atoms with Crippen molar-refractivity contribution in [2.24, 2.45) is 0 Å². The SMILES string of the molecule is O=C(Nc1cc(Cl)nc(Cl)n1)c1cc(Cl)cc(Cl)c1. The van der Waals surface area contributed by atoms with E-state index in [4.69, 9.17) is 46.4 Å². The first-order valence-electron chi connectivity index (χ1n) is 4.91. The summed E-state index contributed by atoms with van der Waals surface area (Å²) >= 11 is 23.0. The van der Waals surface area contributed by atoms with Crippen molar-refractivity contribution >= 4 is 58.1 Å². The Balaban J connectivity index is 2.25. The normalized spacial score (nSPS) is 10.3. The van der Waals surface area contributed by atoms with Gasteiger partial charge in [-0.05, 0) is 29.8 Å². The average molecular weight is 337 g/mol. The molecule has 0 unspecified atom stereocenters.